The van der Waals surface area contributed by atoms with E-state index in [9.17, 15) is 18.3 Å². The first-order valence-electron chi connectivity index (χ1n) is 9.48. The molecule has 3 aromatic rings. The van der Waals surface area contributed by atoms with Gasteiger partial charge in [-0.25, -0.2) is 0 Å². The molecule has 30 heavy (non-hydrogen) atoms. The quantitative estimate of drug-likeness (QED) is 0.584. The summed E-state index contributed by atoms with van der Waals surface area (Å²) >= 11 is 1.23. The predicted octanol–water partition coefficient (Wildman–Crippen LogP) is 3.60. The van der Waals surface area contributed by atoms with E-state index in [1.807, 2.05) is 13.8 Å². The molecule has 0 bridgehead atoms. The van der Waals surface area contributed by atoms with Crippen molar-refractivity contribution in [3.8, 4) is 5.75 Å². The maximum Gasteiger partial charge on any atom is 0.286 e. The van der Waals surface area contributed by atoms with Crippen molar-refractivity contribution >= 4 is 49.3 Å². The number of anilines is 1. The maximum absolute atomic E-state index is 13.3. The van der Waals surface area contributed by atoms with E-state index < -0.39 is 15.6 Å². The lowest BCUT2D eigenvalue weighted by Crippen LogP contribution is -2.31. The molecule has 10 heteroatoms. The minimum absolute atomic E-state index is 0.0116. The van der Waals surface area contributed by atoms with Crippen molar-refractivity contribution in [3.63, 3.8) is 0 Å². The van der Waals surface area contributed by atoms with Crippen LogP contribution < -0.4 is 10.9 Å². The summed E-state index contributed by atoms with van der Waals surface area (Å²) in [7, 11) is -4.03. The van der Waals surface area contributed by atoms with Gasteiger partial charge < -0.3 is 10.4 Å². The lowest BCUT2D eigenvalue weighted by molar-refractivity contribution is 0.479. The van der Waals surface area contributed by atoms with Gasteiger partial charge in [-0.2, -0.15) is 18.2 Å². The first-order valence-corrected chi connectivity index (χ1v) is 11.8. The number of aromatic nitrogens is 1. The first-order chi connectivity index (χ1) is 14.4. The Morgan fingerprint density at radius 2 is 2.00 bits per heavy atom. The van der Waals surface area contributed by atoms with E-state index in [1.54, 1.807) is 35.9 Å². The summed E-state index contributed by atoms with van der Waals surface area (Å²) in [5, 5.41) is 19.8. The number of benzene rings is 1. The van der Waals surface area contributed by atoms with Gasteiger partial charge in [-0.1, -0.05) is 26.0 Å². The largest absolute Gasteiger partial charge is 0.505 e. The van der Waals surface area contributed by atoms with Crippen molar-refractivity contribution < 1.29 is 13.5 Å². The van der Waals surface area contributed by atoms with Crippen LogP contribution in [0.2, 0.25) is 0 Å². The first kappa shape index (κ1) is 20.3. The molecule has 1 aromatic carbocycles. The second-order valence-corrected chi connectivity index (χ2v) is 9.34. The Hall–Kier alpha value is -2.98. The number of aromatic hydroxyl groups is 1. The van der Waals surface area contributed by atoms with Gasteiger partial charge in [0, 0.05) is 6.21 Å². The fraction of sp³-hybridized carbons (Fsp3) is 0.250. The summed E-state index contributed by atoms with van der Waals surface area (Å²) in [6.45, 7) is 4.07. The molecule has 0 amide bonds. The summed E-state index contributed by atoms with van der Waals surface area (Å²) in [4.78, 5) is 13.3. The van der Waals surface area contributed by atoms with Crippen LogP contribution in [-0.4, -0.2) is 30.3 Å². The van der Waals surface area contributed by atoms with Gasteiger partial charge in [0.25, 0.3) is 15.6 Å². The van der Waals surface area contributed by atoms with Crippen LogP contribution in [0, 0.1) is 5.92 Å². The van der Waals surface area contributed by atoms with Gasteiger partial charge in [0.15, 0.2) is 11.6 Å². The van der Waals surface area contributed by atoms with E-state index in [1.165, 1.54) is 22.1 Å². The smallest absolute Gasteiger partial charge is 0.286 e. The van der Waals surface area contributed by atoms with E-state index in [0.717, 1.165) is 12.8 Å². The second kappa shape index (κ2) is 7.69. The second-order valence-electron chi connectivity index (χ2n) is 6.85. The number of sulfonamides is 1. The molecule has 1 aliphatic heterocycles. The third-order valence-corrected chi connectivity index (χ3v) is 7.28. The van der Waals surface area contributed by atoms with Crippen LogP contribution in [0.15, 0.2) is 54.9 Å². The van der Waals surface area contributed by atoms with E-state index in [2.05, 4.69) is 14.8 Å². The van der Waals surface area contributed by atoms with Gasteiger partial charge in [0.2, 0.25) is 0 Å². The van der Waals surface area contributed by atoms with Crippen molar-refractivity contribution in [1.29, 1.82) is 0 Å². The molecule has 156 valence electrons. The lowest BCUT2D eigenvalue weighted by atomic mass is 10.1. The SMILES string of the molecule is CCC(C=Nn1c(=O)c(C2=NS(=O)(=O)c3ccccc3N2)c(O)c2sccc21)CC. The van der Waals surface area contributed by atoms with Gasteiger partial charge in [-0.05, 0) is 42.3 Å². The Morgan fingerprint density at radius 3 is 2.73 bits per heavy atom. The summed E-state index contributed by atoms with van der Waals surface area (Å²) in [6, 6.07) is 7.96. The number of pyridine rings is 1. The molecule has 0 fully saturated rings. The van der Waals surface area contributed by atoms with E-state index in [0.29, 0.717) is 15.9 Å². The van der Waals surface area contributed by atoms with Gasteiger partial charge in [-0.3, -0.25) is 4.79 Å². The lowest BCUT2D eigenvalue weighted by Gasteiger charge is -2.19. The van der Waals surface area contributed by atoms with Gasteiger partial charge in [-0.15, -0.1) is 15.7 Å². The fourth-order valence-corrected chi connectivity index (χ4v) is 5.23. The van der Waals surface area contributed by atoms with Crippen LogP contribution in [0.3, 0.4) is 0 Å². The maximum atomic E-state index is 13.3. The van der Waals surface area contributed by atoms with Crippen molar-refractivity contribution in [3.05, 3.63) is 51.6 Å². The highest BCUT2D eigenvalue weighted by molar-refractivity contribution is 7.90. The number of amidine groups is 1. The highest BCUT2D eigenvalue weighted by Crippen LogP contribution is 2.34. The van der Waals surface area contributed by atoms with Crippen LogP contribution in [0.25, 0.3) is 10.2 Å². The monoisotopic (exact) mass is 444 g/mol. The Morgan fingerprint density at radius 1 is 1.27 bits per heavy atom. The van der Waals surface area contributed by atoms with Crippen LogP contribution in [0.5, 0.6) is 5.75 Å². The van der Waals surface area contributed by atoms with Crippen molar-refractivity contribution in [1.82, 2.24) is 4.68 Å². The number of rotatable bonds is 5. The average Bonchev–Trinajstić information content (AvgIpc) is 3.20. The third-order valence-electron chi connectivity index (χ3n) is 5.04. The number of hydrogen-bond donors (Lipinski definition) is 2. The molecule has 0 unspecified atom stereocenters. The van der Waals surface area contributed by atoms with Gasteiger partial charge in [0.05, 0.1) is 15.9 Å². The zero-order chi connectivity index (χ0) is 21.5. The number of fused-ring (bicyclic) bond motifs is 2. The third kappa shape index (κ3) is 3.31. The Kier molecular flexibility index (Phi) is 5.20. The highest BCUT2D eigenvalue weighted by Gasteiger charge is 2.30. The molecule has 0 saturated carbocycles. The number of nitrogens with one attached hydrogen (secondary N) is 1. The van der Waals surface area contributed by atoms with E-state index >= 15 is 0 Å². The van der Waals surface area contributed by atoms with Crippen molar-refractivity contribution in [2.24, 2.45) is 15.4 Å². The molecule has 8 nitrogen and oxygen atoms in total. The van der Waals surface area contributed by atoms with Crippen LogP contribution in [-0.2, 0) is 10.0 Å². The molecular formula is C20H20N4O4S2. The van der Waals surface area contributed by atoms with Crippen LogP contribution >= 0.6 is 11.3 Å². The summed E-state index contributed by atoms with van der Waals surface area (Å²) < 4.78 is 30.6. The molecule has 0 atom stereocenters. The molecule has 0 saturated heterocycles. The fourth-order valence-electron chi connectivity index (χ4n) is 3.29. The van der Waals surface area contributed by atoms with Gasteiger partial charge >= 0.3 is 0 Å². The predicted molar refractivity (Wildman–Crippen MR) is 119 cm³/mol. The molecule has 0 radical (unpaired) electrons. The number of thiophene rings is 1. The van der Waals surface area contributed by atoms with Crippen molar-refractivity contribution in [2.75, 3.05) is 5.32 Å². The number of para-hydroxylation sites is 1. The molecule has 4 rings (SSSR count). The summed E-state index contributed by atoms with van der Waals surface area (Å²) in [6.07, 6.45) is 3.45. The van der Waals surface area contributed by atoms with E-state index in [-0.39, 0.29) is 28.0 Å². The standard InChI is InChI=1S/C20H20N4O4S2/c1-3-12(4-2)11-21-24-14-9-10-29-18(14)17(25)16(20(24)26)19-22-13-7-5-6-8-15(13)30(27,28)23-19/h5-12,25H,3-4H2,1-2H3,(H,22,23). The molecule has 1 aliphatic rings. The van der Waals surface area contributed by atoms with Crippen LogP contribution in [0.4, 0.5) is 5.69 Å². The average molecular weight is 445 g/mol. The zero-order valence-electron chi connectivity index (χ0n) is 16.4. The van der Waals surface area contributed by atoms with Gasteiger partial charge in [0.1, 0.15) is 10.5 Å². The molecule has 2 aromatic heterocycles. The molecule has 2 N–H and O–H groups in total. The minimum atomic E-state index is -4.03. The topological polar surface area (TPSA) is 113 Å². The highest BCUT2D eigenvalue weighted by atomic mass is 32.2. The molecular weight excluding hydrogens is 424 g/mol. The molecule has 0 spiro atoms. The van der Waals surface area contributed by atoms with Crippen molar-refractivity contribution in [2.45, 2.75) is 31.6 Å². The van der Waals surface area contributed by atoms with Crippen LogP contribution in [0.1, 0.15) is 32.3 Å². The number of nitrogens with zero attached hydrogens (tertiary/aromatic N) is 3. The summed E-state index contributed by atoms with van der Waals surface area (Å²) in [5.74, 6) is -0.349. The molecule has 0 aliphatic carbocycles. The number of hydrogen-bond acceptors (Lipinski definition) is 7. The zero-order valence-corrected chi connectivity index (χ0v) is 18.0. The minimum Gasteiger partial charge on any atom is -0.505 e. The Labute approximate surface area is 177 Å². The van der Waals surface area contributed by atoms with E-state index in [4.69, 9.17) is 0 Å². The Bertz CT molecular complexity index is 1350. The molecule has 3 heterocycles. The Balaban J connectivity index is 1.95. The summed E-state index contributed by atoms with van der Waals surface area (Å²) in [5.41, 5.74) is -0.140. The normalized spacial score (nSPS) is 15.4.